The normalized spacial score (nSPS) is 11.6. The molecule has 1 heterocycles. The van der Waals surface area contributed by atoms with Crippen molar-refractivity contribution in [3.63, 3.8) is 0 Å². The molecule has 0 aliphatic heterocycles. The summed E-state index contributed by atoms with van der Waals surface area (Å²) >= 11 is 0. The maximum absolute atomic E-state index is 13.9. The highest BCUT2D eigenvalue weighted by Gasteiger charge is 2.21. The Morgan fingerprint density at radius 2 is 2.08 bits per heavy atom. The van der Waals surface area contributed by atoms with Crippen LogP contribution in [-0.4, -0.2) is 16.7 Å². The van der Waals surface area contributed by atoms with Gasteiger partial charge in [0, 0.05) is 19.4 Å². The van der Waals surface area contributed by atoms with Gasteiger partial charge in [-0.25, -0.2) is 9.37 Å². The maximum atomic E-state index is 13.9. The number of nitrogens with one attached hydrogen (secondary N) is 1. The molecule has 0 unspecified atom stereocenters. The molecular formula is C19H17FN4O. The number of hydrogen-bond acceptors (Lipinski definition) is 4. The summed E-state index contributed by atoms with van der Waals surface area (Å²) in [6.45, 7) is 0. The first-order chi connectivity index (χ1) is 12.1. The Labute approximate surface area is 145 Å². The van der Waals surface area contributed by atoms with Crippen molar-refractivity contribution in [3.8, 4) is 11.8 Å². The van der Waals surface area contributed by atoms with Crippen molar-refractivity contribution in [2.75, 3.05) is 12.4 Å². The van der Waals surface area contributed by atoms with Crippen molar-refractivity contribution >= 4 is 5.69 Å². The van der Waals surface area contributed by atoms with E-state index >= 15 is 0 Å². The molecule has 0 radical (unpaired) electrons. The molecule has 126 valence electrons. The van der Waals surface area contributed by atoms with Gasteiger partial charge in [-0.1, -0.05) is 18.2 Å². The number of ether oxygens (including phenoxy) is 1. The summed E-state index contributed by atoms with van der Waals surface area (Å²) < 4.78 is 21.1. The number of benzene rings is 2. The van der Waals surface area contributed by atoms with Crippen LogP contribution in [0, 0.1) is 17.1 Å². The molecule has 0 bridgehead atoms. The van der Waals surface area contributed by atoms with E-state index in [1.807, 2.05) is 48.1 Å². The van der Waals surface area contributed by atoms with Gasteiger partial charge in [0.15, 0.2) is 0 Å². The molecule has 0 aliphatic rings. The fraction of sp³-hybridized carbons (Fsp3) is 0.158. The molecule has 25 heavy (non-hydrogen) atoms. The minimum atomic E-state index is -0.559. The second kappa shape index (κ2) is 7.05. The van der Waals surface area contributed by atoms with Crippen LogP contribution in [0.15, 0.2) is 54.9 Å². The number of aromatic nitrogens is 2. The molecule has 1 aromatic heterocycles. The van der Waals surface area contributed by atoms with Crippen LogP contribution in [0.25, 0.3) is 0 Å². The first kappa shape index (κ1) is 16.5. The average molecular weight is 336 g/mol. The summed E-state index contributed by atoms with van der Waals surface area (Å²) in [5.41, 5.74) is 1.28. The predicted molar refractivity (Wildman–Crippen MR) is 92.8 cm³/mol. The first-order valence-electron chi connectivity index (χ1n) is 7.70. The lowest BCUT2D eigenvalue weighted by Gasteiger charge is -2.21. The molecule has 0 amide bonds. The van der Waals surface area contributed by atoms with Gasteiger partial charge >= 0.3 is 0 Å². The van der Waals surface area contributed by atoms with Gasteiger partial charge in [0.1, 0.15) is 35.1 Å². The maximum Gasteiger partial charge on any atom is 0.143 e. The fourth-order valence-electron chi connectivity index (χ4n) is 2.69. The van der Waals surface area contributed by atoms with Crippen LogP contribution in [0.2, 0.25) is 0 Å². The summed E-state index contributed by atoms with van der Waals surface area (Å²) in [5, 5.41) is 12.5. The predicted octanol–water partition coefficient (Wildman–Crippen LogP) is 3.64. The van der Waals surface area contributed by atoms with Gasteiger partial charge in [-0.2, -0.15) is 5.26 Å². The van der Waals surface area contributed by atoms with E-state index in [9.17, 15) is 9.65 Å². The number of hydrogen-bond donors (Lipinski definition) is 1. The molecule has 3 aromatic rings. The van der Waals surface area contributed by atoms with Crippen molar-refractivity contribution < 1.29 is 9.13 Å². The van der Waals surface area contributed by atoms with Crippen LogP contribution >= 0.6 is 0 Å². The largest absolute Gasteiger partial charge is 0.497 e. The van der Waals surface area contributed by atoms with E-state index < -0.39 is 5.82 Å². The second-order valence-electron chi connectivity index (χ2n) is 5.52. The van der Waals surface area contributed by atoms with E-state index in [2.05, 4.69) is 10.3 Å². The fourth-order valence-corrected chi connectivity index (χ4v) is 2.69. The summed E-state index contributed by atoms with van der Waals surface area (Å²) in [6, 6.07) is 13.6. The third-order valence-corrected chi connectivity index (χ3v) is 3.97. The Kier molecular flexibility index (Phi) is 4.66. The standard InChI is InChI=1S/C19H17FN4O/c1-24-10-9-22-19(24)18(13-5-3-6-14(11-13)25-2)23-17-8-4-7-16(20)15(17)12-21/h3-11,18,23H,1-2H3/t18-/m1/s1. The number of halogens is 1. The lowest BCUT2D eigenvalue weighted by molar-refractivity contribution is 0.414. The zero-order valence-corrected chi connectivity index (χ0v) is 13.9. The number of nitrogens with zero attached hydrogens (tertiary/aromatic N) is 3. The monoisotopic (exact) mass is 336 g/mol. The minimum Gasteiger partial charge on any atom is -0.497 e. The first-order valence-corrected chi connectivity index (χ1v) is 7.70. The number of nitriles is 1. The molecule has 1 atom stereocenters. The molecule has 0 spiro atoms. The third-order valence-electron chi connectivity index (χ3n) is 3.97. The highest BCUT2D eigenvalue weighted by Crippen LogP contribution is 2.29. The lowest BCUT2D eigenvalue weighted by Crippen LogP contribution is -2.17. The van der Waals surface area contributed by atoms with Gasteiger partial charge in [0.2, 0.25) is 0 Å². The molecule has 0 fully saturated rings. The van der Waals surface area contributed by atoms with Gasteiger partial charge < -0.3 is 14.6 Å². The quantitative estimate of drug-likeness (QED) is 0.773. The lowest BCUT2D eigenvalue weighted by atomic mass is 10.0. The summed E-state index contributed by atoms with van der Waals surface area (Å²) in [6.07, 6.45) is 3.53. The molecule has 5 nitrogen and oxygen atoms in total. The van der Waals surface area contributed by atoms with Crippen molar-refractivity contribution in [2.24, 2.45) is 7.05 Å². The van der Waals surface area contributed by atoms with Gasteiger partial charge in [-0.3, -0.25) is 0 Å². The van der Waals surface area contributed by atoms with Crippen LogP contribution < -0.4 is 10.1 Å². The van der Waals surface area contributed by atoms with Crippen LogP contribution in [0.3, 0.4) is 0 Å². The molecule has 0 saturated heterocycles. The Morgan fingerprint density at radius 1 is 1.28 bits per heavy atom. The molecular weight excluding hydrogens is 319 g/mol. The van der Waals surface area contributed by atoms with E-state index in [0.717, 1.165) is 11.4 Å². The van der Waals surface area contributed by atoms with Crippen LogP contribution in [0.5, 0.6) is 5.75 Å². The van der Waals surface area contributed by atoms with Gasteiger partial charge in [-0.05, 0) is 29.8 Å². The van der Waals surface area contributed by atoms with E-state index in [-0.39, 0.29) is 11.6 Å². The summed E-state index contributed by atoms with van der Waals surface area (Å²) in [7, 11) is 3.48. The molecule has 0 saturated carbocycles. The van der Waals surface area contributed by atoms with E-state index in [1.54, 1.807) is 25.4 Å². The van der Waals surface area contributed by atoms with Crippen LogP contribution in [-0.2, 0) is 7.05 Å². The zero-order valence-electron chi connectivity index (χ0n) is 13.9. The number of imidazole rings is 1. The van der Waals surface area contributed by atoms with Gasteiger partial charge in [-0.15, -0.1) is 0 Å². The van der Waals surface area contributed by atoms with Gasteiger partial charge in [0.25, 0.3) is 0 Å². The third kappa shape index (κ3) is 3.31. The summed E-state index contributed by atoms with van der Waals surface area (Å²) in [4.78, 5) is 4.41. The number of anilines is 1. The van der Waals surface area contributed by atoms with Crippen molar-refractivity contribution in [1.29, 1.82) is 5.26 Å². The number of aryl methyl sites for hydroxylation is 1. The minimum absolute atomic E-state index is 0.0235. The SMILES string of the molecule is COc1cccc([C@@H](Nc2cccc(F)c2C#N)c2nccn2C)c1. The molecule has 0 aliphatic carbocycles. The molecule has 1 N–H and O–H groups in total. The van der Waals surface area contributed by atoms with E-state index in [0.29, 0.717) is 11.4 Å². The second-order valence-corrected chi connectivity index (χ2v) is 5.52. The molecule has 6 heteroatoms. The van der Waals surface area contributed by atoms with E-state index in [4.69, 9.17) is 4.74 Å². The van der Waals surface area contributed by atoms with Crippen molar-refractivity contribution in [1.82, 2.24) is 9.55 Å². The Morgan fingerprint density at radius 3 is 2.76 bits per heavy atom. The Balaban J connectivity index is 2.08. The van der Waals surface area contributed by atoms with Crippen molar-refractivity contribution in [2.45, 2.75) is 6.04 Å². The average Bonchev–Trinajstić information content (AvgIpc) is 3.05. The van der Waals surface area contributed by atoms with E-state index in [1.165, 1.54) is 6.07 Å². The highest BCUT2D eigenvalue weighted by atomic mass is 19.1. The molecule has 2 aromatic carbocycles. The zero-order chi connectivity index (χ0) is 17.8. The van der Waals surface area contributed by atoms with Crippen LogP contribution in [0.1, 0.15) is 23.0 Å². The van der Waals surface area contributed by atoms with Crippen molar-refractivity contribution in [3.05, 3.63) is 77.6 Å². The Bertz CT molecular complexity index is 929. The van der Waals surface area contributed by atoms with Gasteiger partial charge in [0.05, 0.1) is 12.8 Å². The topological polar surface area (TPSA) is 62.9 Å². The van der Waals surface area contributed by atoms with Crippen LogP contribution in [0.4, 0.5) is 10.1 Å². The summed E-state index contributed by atoms with van der Waals surface area (Å²) in [5.74, 6) is 0.886. The molecule has 3 rings (SSSR count). The highest BCUT2D eigenvalue weighted by molar-refractivity contribution is 5.60. The number of rotatable bonds is 5. The Hall–Kier alpha value is -3.33. The smallest absolute Gasteiger partial charge is 0.143 e. The number of methoxy groups -OCH3 is 1.